The second kappa shape index (κ2) is 7.35. The molecule has 25 heavy (non-hydrogen) atoms. The van der Waals surface area contributed by atoms with Gasteiger partial charge in [0.2, 0.25) is 5.91 Å². The second-order valence-corrected chi connectivity index (χ2v) is 5.19. The fourth-order valence-electron chi connectivity index (χ4n) is 2.10. The monoisotopic (exact) mass is 339 g/mol. The Kier molecular flexibility index (Phi) is 4.79. The summed E-state index contributed by atoms with van der Waals surface area (Å²) in [5.41, 5.74) is 6.00. The predicted molar refractivity (Wildman–Crippen MR) is 87.1 cm³/mol. The number of para-hydroxylation sites is 1. The lowest BCUT2D eigenvalue weighted by atomic mass is 10.1. The average molecular weight is 339 g/mol. The van der Waals surface area contributed by atoms with Crippen molar-refractivity contribution in [1.29, 1.82) is 0 Å². The third-order valence-electron chi connectivity index (χ3n) is 3.34. The van der Waals surface area contributed by atoms with Crippen LogP contribution in [0.15, 0.2) is 60.8 Å². The number of hydrogen-bond donors (Lipinski definition) is 2. The van der Waals surface area contributed by atoms with Crippen LogP contribution in [0.25, 0.3) is 5.69 Å². The molecule has 1 aromatic heterocycles. The topological polar surface area (TPSA) is 88.9 Å². The molecule has 0 bridgehead atoms. The lowest BCUT2D eigenvalue weighted by Crippen LogP contribution is -2.42. The lowest BCUT2D eigenvalue weighted by Gasteiger charge is -2.05. The quantitative estimate of drug-likeness (QED) is 0.704. The number of halogens is 1. The summed E-state index contributed by atoms with van der Waals surface area (Å²) in [6.07, 6.45) is 1.47. The van der Waals surface area contributed by atoms with Gasteiger partial charge in [0.25, 0.3) is 5.91 Å². The molecule has 1 heterocycles. The summed E-state index contributed by atoms with van der Waals surface area (Å²) < 4.78 is 14.3. The first kappa shape index (κ1) is 16.3. The van der Waals surface area contributed by atoms with Gasteiger partial charge >= 0.3 is 0 Å². The van der Waals surface area contributed by atoms with Gasteiger partial charge in [0, 0.05) is 0 Å². The number of aromatic nitrogens is 3. The van der Waals surface area contributed by atoms with Gasteiger partial charge in [-0.05, 0) is 29.8 Å². The Bertz CT molecular complexity index is 878. The lowest BCUT2D eigenvalue weighted by molar-refractivity contribution is -0.121. The van der Waals surface area contributed by atoms with E-state index in [0.29, 0.717) is 5.56 Å². The van der Waals surface area contributed by atoms with Crippen molar-refractivity contribution in [2.75, 3.05) is 0 Å². The average Bonchev–Trinajstić information content (AvgIpc) is 3.13. The molecule has 2 aromatic carbocycles. The van der Waals surface area contributed by atoms with E-state index in [9.17, 15) is 14.0 Å². The van der Waals surface area contributed by atoms with E-state index in [-0.39, 0.29) is 17.9 Å². The molecule has 126 valence electrons. The fraction of sp³-hybridized carbons (Fsp3) is 0.0588. The number of nitrogens with one attached hydrogen (secondary N) is 2. The van der Waals surface area contributed by atoms with Crippen LogP contribution in [0.3, 0.4) is 0 Å². The van der Waals surface area contributed by atoms with Crippen molar-refractivity contribution < 1.29 is 14.0 Å². The molecular formula is C17H14FN5O2. The molecule has 7 nitrogen and oxygen atoms in total. The molecule has 0 aliphatic carbocycles. The van der Waals surface area contributed by atoms with Gasteiger partial charge in [-0.3, -0.25) is 20.4 Å². The minimum absolute atomic E-state index is 0.0112. The van der Waals surface area contributed by atoms with Crippen LogP contribution in [0.5, 0.6) is 0 Å². The minimum atomic E-state index is -0.588. The molecule has 0 aliphatic rings. The van der Waals surface area contributed by atoms with Gasteiger partial charge in [-0.25, -0.2) is 9.07 Å². The molecule has 3 aromatic rings. The number of hydrogen-bond acceptors (Lipinski definition) is 4. The third kappa shape index (κ3) is 4.25. The molecule has 0 unspecified atom stereocenters. The third-order valence-corrected chi connectivity index (χ3v) is 3.34. The summed E-state index contributed by atoms with van der Waals surface area (Å²) in [6.45, 7) is 0. The highest BCUT2D eigenvalue weighted by molar-refractivity contribution is 5.93. The van der Waals surface area contributed by atoms with Crippen LogP contribution in [0.1, 0.15) is 16.1 Å². The Hall–Kier alpha value is -3.55. The van der Waals surface area contributed by atoms with E-state index in [1.54, 1.807) is 0 Å². The highest BCUT2D eigenvalue weighted by Gasteiger charge is 2.12. The molecule has 8 heteroatoms. The van der Waals surface area contributed by atoms with E-state index in [0.717, 1.165) is 5.69 Å². The number of hydrazine groups is 1. The molecule has 0 aliphatic heterocycles. The van der Waals surface area contributed by atoms with Crippen LogP contribution in [0, 0.1) is 5.82 Å². The molecule has 3 rings (SSSR count). The summed E-state index contributed by atoms with van der Waals surface area (Å²) in [4.78, 5) is 23.8. The standard InChI is InChI=1S/C17H14FN5O2/c18-13-8-6-12(7-9-13)10-16(24)20-21-17(25)15-11-23(22-19-15)14-4-2-1-3-5-14/h1-9,11H,10H2,(H,20,24)(H,21,25). The second-order valence-electron chi connectivity index (χ2n) is 5.19. The van der Waals surface area contributed by atoms with Crippen LogP contribution in [-0.4, -0.2) is 26.8 Å². The maximum atomic E-state index is 12.8. The molecule has 2 amide bonds. The summed E-state index contributed by atoms with van der Waals surface area (Å²) in [5, 5.41) is 7.64. The zero-order valence-electron chi connectivity index (χ0n) is 13.0. The first-order valence-corrected chi connectivity index (χ1v) is 7.43. The summed E-state index contributed by atoms with van der Waals surface area (Å²) in [5.74, 6) is -1.40. The summed E-state index contributed by atoms with van der Waals surface area (Å²) >= 11 is 0. The molecule has 0 saturated carbocycles. The first-order valence-electron chi connectivity index (χ1n) is 7.43. The smallest absolute Gasteiger partial charge is 0.273 e. The van der Waals surface area contributed by atoms with Crippen molar-refractivity contribution in [3.8, 4) is 5.69 Å². The van der Waals surface area contributed by atoms with E-state index in [1.165, 1.54) is 35.1 Å². The van der Waals surface area contributed by atoms with Gasteiger partial charge in [0.05, 0.1) is 18.3 Å². The van der Waals surface area contributed by atoms with Crippen molar-refractivity contribution in [1.82, 2.24) is 25.8 Å². The number of amides is 2. The molecule has 0 atom stereocenters. The number of nitrogens with zero attached hydrogens (tertiary/aromatic N) is 3. The van der Waals surface area contributed by atoms with E-state index in [2.05, 4.69) is 21.2 Å². The maximum Gasteiger partial charge on any atom is 0.291 e. The van der Waals surface area contributed by atoms with Crippen molar-refractivity contribution in [3.63, 3.8) is 0 Å². The Morgan fingerprint density at radius 2 is 1.72 bits per heavy atom. The SMILES string of the molecule is O=C(Cc1ccc(F)cc1)NNC(=O)c1cn(-c2ccccc2)nn1. The molecule has 2 N–H and O–H groups in total. The largest absolute Gasteiger partial charge is 0.291 e. The predicted octanol–water partition coefficient (Wildman–Crippen LogP) is 1.41. The Labute approximate surface area is 142 Å². The maximum absolute atomic E-state index is 12.8. The van der Waals surface area contributed by atoms with Crippen molar-refractivity contribution in [3.05, 3.63) is 77.9 Å². The number of carbonyl (C=O) groups is 2. The highest BCUT2D eigenvalue weighted by atomic mass is 19.1. The van der Waals surface area contributed by atoms with Crippen molar-refractivity contribution in [2.24, 2.45) is 0 Å². The number of carbonyl (C=O) groups excluding carboxylic acids is 2. The number of benzene rings is 2. The van der Waals surface area contributed by atoms with E-state index < -0.39 is 11.8 Å². The molecule has 0 fully saturated rings. The van der Waals surface area contributed by atoms with Crippen LogP contribution in [0.4, 0.5) is 4.39 Å². The molecule has 0 saturated heterocycles. The van der Waals surface area contributed by atoms with E-state index in [1.807, 2.05) is 30.3 Å². The zero-order chi connectivity index (χ0) is 17.6. The van der Waals surface area contributed by atoms with Crippen molar-refractivity contribution >= 4 is 11.8 Å². The van der Waals surface area contributed by atoms with Crippen LogP contribution in [-0.2, 0) is 11.2 Å². The Morgan fingerprint density at radius 3 is 2.44 bits per heavy atom. The van der Waals surface area contributed by atoms with Crippen molar-refractivity contribution in [2.45, 2.75) is 6.42 Å². The normalized spacial score (nSPS) is 10.3. The van der Waals surface area contributed by atoms with Gasteiger partial charge in [0.1, 0.15) is 5.82 Å². The highest BCUT2D eigenvalue weighted by Crippen LogP contribution is 2.06. The van der Waals surface area contributed by atoms with Crippen LogP contribution < -0.4 is 10.9 Å². The van der Waals surface area contributed by atoms with Crippen LogP contribution in [0.2, 0.25) is 0 Å². The van der Waals surface area contributed by atoms with Gasteiger partial charge in [-0.1, -0.05) is 35.5 Å². The van der Waals surface area contributed by atoms with Crippen LogP contribution >= 0.6 is 0 Å². The van der Waals surface area contributed by atoms with E-state index in [4.69, 9.17) is 0 Å². The summed E-state index contributed by atoms with van der Waals surface area (Å²) in [7, 11) is 0. The fourth-order valence-corrected chi connectivity index (χ4v) is 2.10. The first-order chi connectivity index (χ1) is 12.1. The minimum Gasteiger partial charge on any atom is -0.273 e. The van der Waals surface area contributed by atoms with Gasteiger partial charge in [-0.15, -0.1) is 5.10 Å². The Morgan fingerprint density at radius 1 is 1.00 bits per heavy atom. The number of rotatable bonds is 4. The Balaban J connectivity index is 1.55. The molecular weight excluding hydrogens is 325 g/mol. The van der Waals surface area contributed by atoms with E-state index >= 15 is 0 Å². The van der Waals surface area contributed by atoms with Gasteiger partial charge < -0.3 is 0 Å². The van der Waals surface area contributed by atoms with Gasteiger partial charge in [0.15, 0.2) is 5.69 Å². The molecule has 0 spiro atoms. The molecule has 0 radical (unpaired) electrons. The zero-order valence-corrected chi connectivity index (χ0v) is 13.0. The van der Waals surface area contributed by atoms with Gasteiger partial charge in [-0.2, -0.15) is 0 Å². The summed E-state index contributed by atoms with van der Waals surface area (Å²) in [6, 6.07) is 14.7.